The average Bonchev–Trinajstić information content (AvgIpc) is 2.54. The van der Waals surface area contributed by atoms with Crippen LogP contribution in [0.2, 0.25) is 0 Å². The van der Waals surface area contributed by atoms with Gasteiger partial charge in [0.05, 0.1) is 7.11 Å². The molecule has 0 unspecified atom stereocenters. The fraction of sp³-hybridized carbons (Fsp3) is 0.500. The molecule has 0 saturated heterocycles. The number of amides is 1. The van der Waals surface area contributed by atoms with Crippen LogP contribution in [0.15, 0.2) is 24.3 Å². The molecule has 122 valence electrons. The maximum absolute atomic E-state index is 12.3. The molecule has 0 fully saturated rings. The highest BCUT2D eigenvalue weighted by atomic mass is 16.5. The van der Waals surface area contributed by atoms with Gasteiger partial charge in [-0.3, -0.25) is 4.79 Å². The normalized spacial score (nSPS) is 10.9. The molecule has 4 nitrogen and oxygen atoms in total. The average molecular weight is 305 g/mol. The number of methoxy groups -OCH3 is 1. The summed E-state index contributed by atoms with van der Waals surface area (Å²) in [6.07, 6.45) is 7.56. The predicted molar refractivity (Wildman–Crippen MR) is 90.1 cm³/mol. The van der Waals surface area contributed by atoms with Gasteiger partial charge in [-0.15, -0.1) is 0 Å². The van der Waals surface area contributed by atoms with Gasteiger partial charge in [-0.05, 0) is 36.6 Å². The Balaban J connectivity index is 2.74. The molecule has 0 aliphatic heterocycles. The second-order valence-corrected chi connectivity index (χ2v) is 5.30. The van der Waals surface area contributed by atoms with Gasteiger partial charge in [-0.25, -0.2) is 0 Å². The lowest BCUT2D eigenvalue weighted by molar-refractivity contribution is -0.126. The molecule has 0 heterocycles. The van der Waals surface area contributed by atoms with Crippen molar-refractivity contribution in [1.82, 2.24) is 4.90 Å². The summed E-state index contributed by atoms with van der Waals surface area (Å²) in [6.45, 7) is 5.86. The van der Waals surface area contributed by atoms with Crippen molar-refractivity contribution in [3.63, 3.8) is 0 Å². The topological polar surface area (TPSA) is 49.8 Å². The molecule has 0 saturated carbocycles. The van der Waals surface area contributed by atoms with Crippen LogP contribution in [0.3, 0.4) is 0 Å². The van der Waals surface area contributed by atoms with Crippen LogP contribution >= 0.6 is 0 Å². The second kappa shape index (κ2) is 9.87. The molecule has 0 spiro atoms. The van der Waals surface area contributed by atoms with Gasteiger partial charge >= 0.3 is 0 Å². The van der Waals surface area contributed by atoms with Crippen LogP contribution in [0, 0.1) is 0 Å². The van der Waals surface area contributed by atoms with E-state index >= 15 is 0 Å². The molecule has 4 heteroatoms. The van der Waals surface area contributed by atoms with Crippen molar-refractivity contribution in [2.75, 3.05) is 20.2 Å². The van der Waals surface area contributed by atoms with Gasteiger partial charge in [0.15, 0.2) is 11.5 Å². The molecule has 1 N–H and O–H groups in total. The Hall–Kier alpha value is -1.97. The molecule has 1 amide bonds. The van der Waals surface area contributed by atoms with E-state index in [4.69, 9.17) is 4.74 Å². The minimum absolute atomic E-state index is 0.0361. The molecule has 0 radical (unpaired) electrons. The summed E-state index contributed by atoms with van der Waals surface area (Å²) >= 11 is 0. The Morgan fingerprint density at radius 2 is 1.86 bits per heavy atom. The number of nitrogens with zero attached hydrogens (tertiary/aromatic N) is 1. The number of phenolic OH excluding ortho intramolecular Hbond substituents is 1. The number of aromatic hydroxyl groups is 1. The number of unbranched alkanes of at least 4 members (excludes halogenated alkanes) is 2. The van der Waals surface area contributed by atoms with Gasteiger partial charge in [-0.1, -0.05) is 32.8 Å². The Kier molecular flexibility index (Phi) is 8.11. The van der Waals surface area contributed by atoms with Crippen LogP contribution in [0.25, 0.3) is 6.08 Å². The van der Waals surface area contributed by atoms with Crippen LogP contribution in [0.1, 0.15) is 45.1 Å². The summed E-state index contributed by atoms with van der Waals surface area (Å²) in [7, 11) is 1.50. The van der Waals surface area contributed by atoms with Crippen LogP contribution in [-0.2, 0) is 4.79 Å². The number of benzene rings is 1. The number of carbonyl (C=O) groups is 1. The summed E-state index contributed by atoms with van der Waals surface area (Å²) in [5.41, 5.74) is 0.828. The molecule has 0 aromatic heterocycles. The van der Waals surface area contributed by atoms with E-state index in [0.717, 1.165) is 44.3 Å². The third-order valence-corrected chi connectivity index (χ3v) is 3.50. The fourth-order valence-electron chi connectivity index (χ4n) is 2.10. The first-order valence-electron chi connectivity index (χ1n) is 7.96. The first kappa shape index (κ1) is 18.1. The Labute approximate surface area is 133 Å². The lowest BCUT2D eigenvalue weighted by Crippen LogP contribution is -2.31. The number of ether oxygens (including phenoxy) is 1. The lowest BCUT2D eigenvalue weighted by atomic mass is 10.2. The summed E-state index contributed by atoms with van der Waals surface area (Å²) in [5.74, 6) is 0.538. The van der Waals surface area contributed by atoms with Crippen molar-refractivity contribution in [3.8, 4) is 11.5 Å². The van der Waals surface area contributed by atoms with Gasteiger partial charge in [0.2, 0.25) is 5.91 Å². The van der Waals surface area contributed by atoms with E-state index in [1.54, 1.807) is 30.4 Å². The standard InChI is InChI=1S/C18H27NO3/c1-4-6-12-19(13-7-5-2)18(21)11-9-15-8-10-16(20)17(14-15)22-3/h8-11,14,20H,4-7,12-13H2,1-3H3/b11-9+. The van der Waals surface area contributed by atoms with Crippen molar-refractivity contribution >= 4 is 12.0 Å². The Bertz CT molecular complexity index is 489. The molecule has 22 heavy (non-hydrogen) atoms. The van der Waals surface area contributed by atoms with E-state index in [-0.39, 0.29) is 11.7 Å². The monoisotopic (exact) mass is 305 g/mol. The molecule has 0 aliphatic rings. The summed E-state index contributed by atoms with van der Waals surface area (Å²) < 4.78 is 5.07. The van der Waals surface area contributed by atoms with Gasteiger partial charge in [0.25, 0.3) is 0 Å². The summed E-state index contributed by atoms with van der Waals surface area (Å²) in [4.78, 5) is 14.2. The zero-order valence-corrected chi connectivity index (χ0v) is 13.8. The quantitative estimate of drug-likeness (QED) is 0.705. The van der Waals surface area contributed by atoms with Crippen molar-refractivity contribution in [2.45, 2.75) is 39.5 Å². The van der Waals surface area contributed by atoms with Gasteiger partial charge in [-0.2, -0.15) is 0 Å². The fourth-order valence-corrected chi connectivity index (χ4v) is 2.10. The van der Waals surface area contributed by atoms with Gasteiger partial charge < -0.3 is 14.7 Å². The molecular weight excluding hydrogens is 278 g/mol. The van der Waals surface area contributed by atoms with Crippen LogP contribution < -0.4 is 4.74 Å². The second-order valence-electron chi connectivity index (χ2n) is 5.30. The van der Waals surface area contributed by atoms with E-state index in [1.807, 2.05) is 4.90 Å². The molecule has 1 aromatic carbocycles. The largest absolute Gasteiger partial charge is 0.504 e. The zero-order chi connectivity index (χ0) is 16.4. The van der Waals surface area contributed by atoms with Crippen LogP contribution in [0.5, 0.6) is 11.5 Å². The van der Waals surface area contributed by atoms with Gasteiger partial charge in [0, 0.05) is 19.2 Å². The van der Waals surface area contributed by atoms with Crippen molar-refractivity contribution < 1.29 is 14.6 Å². The number of phenols is 1. The summed E-state index contributed by atoms with van der Waals surface area (Å²) in [5, 5.41) is 9.57. The van der Waals surface area contributed by atoms with E-state index in [9.17, 15) is 9.90 Å². The predicted octanol–water partition coefficient (Wildman–Crippen LogP) is 3.84. The van der Waals surface area contributed by atoms with E-state index in [1.165, 1.54) is 7.11 Å². The number of hydrogen-bond donors (Lipinski definition) is 1. The molecule has 1 aromatic rings. The first-order chi connectivity index (χ1) is 10.6. The van der Waals surface area contributed by atoms with E-state index in [0.29, 0.717) is 5.75 Å². The Morgan fingerprint density at radius 1 is 1.23 bits per heavy atom. The van der Waals surface area contributed by atoms with Crippen molar-refractivity contribution in [2.24, 2.45) is 0 Å². The van der Waals surface area contributed by atoms with Crippen LogP contribution in [-0.4, -0.2) is 36.1 Å². The molecule has 0 bridgehead atoms. The third-order valence-electron chi connectivity index (χ3n) is 3.50. The first-order valence-corrected chi connectivity index (χ1v) is 7.96. The van der Waals surface area contributed by atoms with Crippen LogP contribution in [0.4, 0.5) is 0 Å². The van der Waals surface area contributed by atoms with Crippen molar-refractivity contribution in [1.29, 1.82) is 0 Å². The van der Waals surface area contributed by atoms with E-state index < -0.39 is 0 Å². The van der Waals surface area contributed by atoms with Crippen molar-refractivity contribution in [3.05, 3.63) is 29.8 Å². The number of carbonyl (C=O) groups excluding carboxylic acids is 1. The lowest BCUT2D eigenvalue weighted by Gasteiger charge is -2.20. The summed E-state index contributed by atoms with van der Waals surface area (Å²) in [6, 6.07) is 5.03. The van der Waals surface area contributed by atoms with E-state index in [2.05, 4.69) is 13.8 Å². The SMILES string of the molecule is CCCCN(CCCC)C(=O)/C=C/c1ccc(O)c(OC)c1. The molecule has 1 rings (SSSR count). The molecule has 0 aliphatic carbocycles. The Morgan fingerprint density at radius 3 is 2.41 bits per heavy atom. The minimum atomic E-state index is 0.0361. The number of rotatable bonds is 9. The van der Waals surface area contributed by atoms with Gasteiger partial charge in [0.1, 0.15) is 0 Å². The zero-order valence-electron chi connectivity index (χ0n) is 13.8. The highest BCUT2D eigenvalue weighted by Gasteiger charge is 2.09. The third kappa shape index (κ3) is 5.80. The number of hydrogen-bond acceptors (Lipinski definition) is 3. The highest BCUT2D eigenvalue weighted by molar-refractivity contribution is 5.91. The minimum Gasteiger partial charge on any atom is -0.504 e. The highest BCUT2D eigenvalue weighted by Crippen LogP contribution is 2.26. The smallest absolute Gasteiger partial charge is 0.246 e. The molecule has 0 atom stereocenters. The molecular formula is C18H27NO3. The maximum Gasteiger partial charge on any atom is 0.246 e. The maximum atomic E-state index is 12.3.